The van der Waals surface area contributed by atoms with Crippen molar-refractivity contribution in [1.29, 1.82) is 0 Å². The van der Waals surface area contributed by atoms with Gasteiger partial charge in [0.25, 0.3) is 5.56 Å². The molecule has 1 aliphatic carbocycles. The normalized spacial score (nSPS) is 13.9. The van der Waals surface area contributed by atoms with Gasteiger partial charge in [0.05, 0.1) is 5.69 Å². The summed E-state index contributed by atoms with van der Waals surface area (Å²) in [5.41, 5.74) is 5.49. The van der Waals surface area contributed by atoms with Crippen molar-refractivity contribution in [3.8, 4) is 5.69 Å². The Bertz CT molecular complexity index is 1200. The van der Waals surface area contributed by atoms with Crippen molar-refractivity contribution in [1.82, 2.24) is 4.57 Å². The maximum atomic E-state index is 12.8. The van der Waals surface area contributed by atoms with E-state index in [9.17, 15) is 4.79 Å². The van der Waals surface area contributed by atoms with Crippen molar-refractivity contribution < 1.29 is 4.42 Å². The molecule has 29 heavy (non-hydrogen) atoms. The highest BCUT2D eigenvalue weighted by atomic mass is 16.3. The van der Waals surface area contributed by atoms with Crippen LogP contribution in [0.1, 0.15) is 41.7 Å². The molecule has 0 saturated carbocycles. The van der Waals surface area contributed by atoms with Gasteiger partial charge >= 0.3 is 0 Å². The molecule has 4 aromatic rings. The molecule has 2 heterocycles. The van der Waals surface area contributed by atoms with Gasteiger partial charge in [0, 0.05) is 35.7 Å². The molecule has 5 rings (SSSR count). The summed E-state index contributed by atoms with van der Waals surface area (Å²) in [6.45, 7) is 0. The Kier molecular flexibility index (Phi) is 4.81. The lowest BCUT2D eigenvalue weighted by Crippen LogP contribution is -2.17. The van der Waals surface area contributed by atoms with Gasteiger partial charge in [0.1, 0.15) is 11.3 Å². The highest BCUT2D eigenvalue weighted by Crippen LogP contribution is 2.32. The summed E-state index contributed by atoms with van der Waals surface area (Å²) in [6.07, 6.45) is 9.51. The maximum absolute atomic E-state index is 12.8. The van der Waals surface area contributed by atoms with Crippen LogP contribution in [-0.2, 0) is 25.7 Å². The smallest absolute Gasteiger partial charge is 0.255 e. The molecule has 2 aromatic heterocycles. The number of aryl methyl sites for hydroxylation is 4. The van der Waals surface area contributed by atoms with E-state index in [1.165, 1.54) is 35.8 Å². The highest BCUT2D eigenvalue weighted by molar-refractivity contribution is 5.84. The predicted molar refractivity (Wildman–Crippen MR) is 117 cm³/mol. The van der Waals surface area contributed by atoms with Crippen molar-refractivity contribution in [2.75, 3.05) is 0 Å². The SMILES string of the molecule is O=c1cc(CCc2ccccc2)ccn1-c1ccc2c3c(oc2c1)CCCCC3. The monoisotopic (exact) mass is 383 g/mol. The van der Waals surface area contributed by atoms with Gasteiger partial charge in [-0.15, -0.1) is 0 Å². The molecule has 0 unspecified atom stereocenters. The van der Waals surface area contributed by atoms with E-state index in [0.29, 0.717) is 0 Å². The summed E-state index contributed by atoms with van der Waals surface area (Å²) in [7, 11) is 0. The average Bonchev–Trinajstić information content (AvgIpc) is 2.92. The van der Waals surface area contributed by atoms with Gasteiger partial charge in [0.15, 0.2) is 0 Å². The fourth-order valence-corrected chi connectivity index (χ4v) is 4.40. The van der Waals surface area contributed by atoms with Crippen LogP contribution in [0.3, 0.4) is 0 Å². The van der Waals surface area contributed by atoms with Crippen LogP contribution in [0.25, 0.3) is 16.7 Å². The Morgan fingerprint density at radius 2 is 1.66 bits per heavy atom. The first kappa shape index (κ1) is 18.0. The Morgan fingerprint density at radius 1 is 0.828 bits per heavy atom. The lowest BCUT2D eigenvalue weighted by atomic mass is 10.1. The summed E-state index contributed by atoms with van der Waals surface area (Å²) >= 11 is 0. The Balaban J connectivity index is 1.41. The zero-order valence-electron chi connectivity index (χ0n) is 16.6. The van der Waals surface area contributed by atoms with Gasteiger partial charge in [0.2, 0.25) is 0 Å². The molecule has 3 nitrogen and oxygen atoms in total. The standard InChI is InChI=1S/C26H25NO2/c28-26-17-20(12-11-19-7-3-1-4-8-19)15-16-27(26)21-13-14-23-22-9-5-2-6-10-24(22)29-25(23)18-21/h1,3-4,7-8,13-18H,2,5-6,9-12H2. The third-order valence-electron chi connectivity index (χ3n) is 6.00. The minimum absolute atomic E-state index is 0.00281. The molecule has 3 heteroatoms. The summed E-state index contributed by atoms with van der Waals surface area (Å²) in [5, 5.41) is 1.21. The summed E-state index contributed by atoms with van der Waals surface area (Å²) in [6, 6.07) is 20.4. The summed E-state index contributed by atoms with van der Waals surface area (Å²) < 4.78 is 7.88. The number of furan rings is 1. The van der Waals surface area contributed by atoms with E-state index < -0.39 is 0 Å². The Morgan fingerprint density at radius 3 is 2.52 bits per heavy atom. The molecule has 0 saturated heterocycles. The number of aromatic nitrogens is 1. The van der Waals surface area contributed by atoms with Crippen LogP contribution in [0.5, 0.6) is 0 Å². The second-order valence-electron chi connectivity index (χ2n) is 7.97. The zero-order chi connectivity index (χ0) is 19.6. The van der Waals surface area contributed by atoms with Crippen molar-refractivity contribution in [2.45, 2.75) is 44.9 Å². The van der Waals surface area contributed by atoms with Crippen LogP contribution >= 0.6 is 0 Å². The molecule has 0 aliphatic heterocycles. The minimum atomic E-state index is 0.00281. The van der Waals surface area contributed by atoms with Crippen LogP contribution in [0, 0.1) is 0 Å². The van der Waals surface area contributed by atoms with E-state index in [2.05, 4.69) is 30.3 Å². The van der Waals surface area contributed by atoms with Gasteiger partial charge in [-0.2, -0.15) is 0 Å². The van der Waals surface area contributed by atoms with E-state index in [-0.39, 0.29) is 5.56 Å². The molecular formula is C26H25NO2. The van der Waals surface area contributed by atoms with E-state index in [1.807, 2.05) is 30.5 Å². The molecule has 0 spiro atoms. The number of pyridine rings is 1. The van der Waals surface area contributed by atoms with Gasteiger partial charge in [-0.05, 0) is 61.4 Å². The first-order valence-electron chi connectivity index (χ1n) is 10.6. The van der Waals surface area contributed by atoms with E-state index in [0.717, 1.165) is 48.3 Å². The number of nitrogens with zero attached hydrogens (tertiary/aromatic N) is 1. The first-order chi connectivity index (χ1) is 14.3. The van der Waals surface area contributed by atoms with Gasteiger partial charge in [-0.3, -0.25) is 9.36 Å². The van der Waals surface area contributed by atoms with Crippen LogP contribution < -0.4 is 5.56 Å². The molecule has 0 atom stereocenters. The van der Waals surface area contributed by atoms with Crippen LogP contribution in [0.4, 0.5) is 0 Å². The molecule has 2 aromatic carbocycles. The van der Waals surface area contributed by atoms with Crippen LogP contribution in [0.15, 0.2) is 76.1 Å². The second kappa shape index (κ2) is 7.75. The molecule has 0 radical (unpaired) electrons. The molecule has 0 bridgehead atoms. The van der Waals surface area contributed by atoms with Gasteiger partial charge < -0.3 is 4.42 Å². The Hall–Kier alpha value is -3.07. The maximum Gasteiger partial charge on any atom is 0.255 e. The molecule has 0 fully saturated rings. The number of rotatable bonds is 4. The lowest BCUT2D eigenvalue weighted by Gasteiger charge is -2.08. The molecule has 0 N–H and O–H groups in total. The zero-order valence-corrected chi connectivity index (χ0v) is 16.6. The number of fused-ring (bicyclic) bond motifs is 3. The molecule has 0 amide bonds. The van der Waals surface area contributed by atoms with Crippen LogP contribution in [0.2, 0.25) is 0 Å². The number of benzene rings is 2. The largest absolute Gasteiger partial charge is 0.461 e. The fourth-order valence-electron chi connectivity index (χ4n) is 4.40. The minimum Gasteiger partial charge on any atom is -0.461 e. The number of hydrogen-bond acceptors (Lipinski definition) is 2. The van der Waals surface area contributed by atoms with Crippen LogP contribution in [-0.4, -0.2) is 4.57 Å². The predicted octanol–water partition coefficient (Wildman–Crippen LogP) is 5.64. The average molecular weight is 383 g/mol. The molecule has 1 aliphatic rings. The lowest BCUT2D eigenvalue weighted by molar-refractivity contribution is 0.538. The van der Waals surface area contributed by atoms with Crippen molar-refractivity contribution in [3.05, 3.63) is 99.7 Å². The van der Waals surface area contributed by atoms with Crippen molar-refractivity contribution >= 4 is 11.0 Å². The second-order valence-corrected chi connectivity index (χ2v) is 7.97. The highest BCUT2D eigenvalue weighted by Gasteiger charge is 2.17. The first-order valence-corrected chi connectivity index (χ1v) is 10.6. The topological polar surface area (TPSA) is 35.1 Å². The summed E-state index contributed by atoms with van der Waals surface area (Å²) in [5.74, 6) is 1.14. The quantitative estimate of drug-likeness (QED) is 0.428. The third-order valence-corrected chi connectivity index (χ3v) is 6.00. The van der Waals surface area contributed by atoms with Crippen molar-refractivity contribution in [2.24, 2.45) is 0 Å². The van der Waals surface area contributed by atoms with E-state index >= 15 is 0 Å². The summed E-state index contributed by atoms with van der Waals surface area (Å²) in [4.78, 5) is 12.8. The fraction of sp³-hybridized carbons (Fsp3) is 0.269. The van der Waals surface area contributed by atoms with Gasteiger partial charge in [-0.25, -0.2) is 0 Å². The Labute approximate surface area is 170 Å². The molecule has 146 valence electrons. The van der Waals surface area contributed by atoms with E-state index in [1.54, 1.807) is 10.6 Å². The third kappa shape index (κ3) is 3.65. The van der Waals surface area contributed by atoms with Gasteiger partial charge in [-0.1, -0.05) is 36.8 Å². The van der Waals surface area contributed by atoms with E-state index in [4.69, 9.17) is 4.42 Å². The number of hydrogen-bond donors (Lipinski definition) is 0. The van der Waals surface area contributed by atoms with Crippen molar-refractivity contribution in [3.63, 3.8) is 0 Å². The molecular weight excluding hydrogens is 358 g/mol.